The molecule has 8 heteroatoms. The highest BCUT2D eigenvalue weighted by atomic mass is 16.5. The van der Waals surface area contributed by atoms with Crippen molar-refractivity contribution in [2.24, 2.45) is 0 Å². The van der Waals surface area contributed by atoms with Gasteiger partial charge in [-0.1, -0.05) is 24.3 Å². The monoisotopic (exact) mass is 500 g/mol. The molecule has 0 saturated carbocycles. The molecule has 4 aromatic carbocycles. The molecule has 0 aromatic heterocycles. The average Bonchev–Trinajstić information content (AvgIpc) is 3.25. The quantitative estimate of drug-likeness (QED) is 0.159. The van der Waals surface area contributed by atoms with Gasteiger partial charge >= 0.3 is 0 Å². The maximum atomic E-state index is 11.1. The van der Waals surface area contributed by atoms with Gasteiger partial charge in [-0.25, -0.2) is 0 Å². The number of hydrogen-bond donors (Lipinski definition) is 6. The normalized spacial score (nSPS) is 16.5. The molecule has 1 aliphatic rings. The Balaban J connectivity index is 1.58. The lowest BCUT2D eigenvalue weighted by molar-refractivity contribution is 0.221. The first-order chi connectivity index (χ1) is 17.7. The smallest absolute Gasteiger partial charge is 0.161 e. The van der Waals surface area contributed by atoms with E-state index >= 15 is 0 Å². The number of phenols is 6. The Morgan fingerprint density at radius 2 is 1.35 bits per heavy atom. The van der Waals surface area contributed by atoms with Crippen LogP contribution in [0.15, 0.2) is 66.7 Å². The molecule has 8 nitrogen and oxygen atoms in total. The van der Waals surface area contributed by atoms with Crippen LogP contribution in [0.3, 0.4) is 0 Å². The Kier molecular flexibility index (Phi) is 5.93. The highest BCUT2D eigenvalue weighted by Gasteiger charge is 2.40. The van der Waals surface area contributed by atoms with Crippen molar-refractivity contribution in [1.29, 1.82) is 0 Å². The number of ether oxygens (including phenoxy) is 2. The Morgan fingerprint density at radius 1 is 0.649 bits per heavy atom. The predicted octanol–water partition coefficient (Wildman–Crippen LogP) is 5.36. The van der Waals surface area contributed by atoms with Crippen LogP contribution in [0.25, 0.3) is 12.2 Å². The Morgan fingerprint density at radius 3 is 2.05 bits per heavy atom. The third-order valence-corrected chi connectivity index (χ3v) is 6.29. The lowest BCUT2D eigenvalue weighted by Gasteiger charge is -2.21. The first-order valence-corrected chi connectivity index (χ1v) is 11.4. The Labute approximate surface area is 212 Å². The summed E-state index contributed by atoms with van der Waals surface area (Å²) >= 11 is 0. The maximum Gasteiger partial charge on any atom is 0.161 e. The summed E-state index contributed by atoms with van der Waals surface area (Å²) in [5.74, 6) is -0.876. The van der Waals surface area contributed by atoms with Crippen LogP contribution in [-0.4, -0.2) is 37.7 Å². The third-order valence-electron chi connectivity index (χ3n) is 6.29. The van der Waals surface area contributed by atoms with Crippen molar-refractivity contribution in [3.05, 3.63) is 94.5 Å². The minimum absolute atomic E-state index is 0.0264. The SMILES string of the molecule is COc1cc(C=Cc2cc(O)c3c(c2)O[C@H](c2ccc(O)c(O)c2)[C@H]3c2cc(O)cc(O)c2)ccc1O. The largest absolute Gasteiger partial charge is 0.508 e. The van der Waals surface area contributed by atoms with Gasteiger partial charge in [0.15, 0.2) is 23.0 Å². The van der Waals surface area contributed by atoms with Gasteiger partial charge in [-0.15, -0.1) is 0 Å². The highest BCUT2D eigenvalue weighted by molar-refractivity contribution is 5.74. The molecule has 0 saturated heterocycles. The van der Waals surface area contributed by atoms with E-state index in [-0.39, 0.29) is 34.5 Å². The number of phenolic OH excluding ortho intramolecular Hbond substituents is 6. The van der Waals surface area contributed by atoms with Crippen molar-refractivity contribution in [1.82, 2.24) is 0 Å². The molecule has 0 spiro atoms. The number of aromatic hydroxyl groups is 6. The van der Waals surface area contributed by atoms with Crippen molar-refractivity contribution in [2.45, 2.75) is 12.0 Å². The van der Waals surface area contributed by atoms with Crippen LogP contribution in [-0.2, 0) is 0 Å². The lowest BCUT2D eigenvalue weighted by Crippen LogP contribution is -2.11. The molecular formula is C29H24O8. The summed E-state index contributed by atoms with van der Waals surface area (Å²) in [7, 11) is 1.46. The van der Waals surface area contributed by atoms with Crippen LogP contribution in [0, 0.1) is 0 Å². The molecule has 6 N–H and O–H groups in total. The Bertz CT molecular complexity index is 1500. The van der Waals surface area contributed by atoms with Crippen molar-refractivity contribution in [3.63, 3.8) is 0 Å². The molecule has 0 fully saturated rings. The summed E-state index contributed by atoms with van der Waals surface area (Å²) < 4.78 is 11.4. The standard InChI is InChI=1S/C29H24O8/c1-36-25-9-15(4-6-22(25)33)2-3-16-8-24(35)28-26(10-16)37-29(17-5-7-21(32)23(34)13-17)27(28)18-11-19(30)14-20(31)12-18/h2-14,27,29-35H,1H3/t27-,29+/m0/s1. The second-order valence-corrected chi connectivity index (χ2v) is 8.76. The van der Waals surface area contributed by atoms with Gasteiger partial charge in [0, 0.05) is 11.6 Å². The van der Waals surface area contributed by atoms with Gasteiger partial charge < -0.3 is 40.1 Å². The van der Waals surface area contributed by atoms with Gasteiger partial charge in [0.2, 0.25) is 0 Å². The van der Waals surface area contributed by atoms with E-state index in [0.717, 1.165) is 5.56 Å². The zero-order valence-electron chi connectivity index (χ0n) is 19.7. The predicted molar refractivity (Wildman–Crippen MR) is 136 cm³/mol. The first-order valence-electron chi connectivity index (χ1n) is 11.4. The van der Waals surface area contributed by atoms with Crippen LogP contribution < -0.4 is 9.47 Å². The molecule has 1 heterocycles. The summed E-state index contributed by atoms with van der Waals surface area (Å²) in [4.78, 5) is 0. The molecule has 0 aliphatic carbocycles. The fourth-order valence-electron chi connectivity index (χ4n) is 4.60. The molecule has 0 radical (unpaired) electrons. The van der Waals surface area contributed by atoms with Crippen LogP contribution >= 0.6 is 0 Å². The van der Waals surface area contributed by atoms with Gasteiger partial charge in [-0.3, -0.25) is 0 Å². The van der Waals surface area contributed by atoms with E-state index in [1.165, 1.54) is 43.5 Å². The molecule has 0 unspecified atom stereocenters. The van der Waals surface area contributed by atoms with E-state index in [0.29, 0.717) is 33.8 Å². The van der Waals surface area contributed by atoms with E-state index < -0.39 is 12.0 Å². The summed E-state index contributed by atoms with van der Waals surface area (Å²) in [5.41, 5.74) is 2.86. The number of fused-ring (bicyclic) bond motifs is 1. The van der Waals surface area contributed by atoms with Crippen molar-refractivity contribution < 1.29 is 40.1 Å². The second kappa shape index (κ2) is 9.23. The average molecular weight is 501 g/mol. The zero-order chi connectivity index (χ0) is 26.3. The van der Waals surface area contributed by atoms with E-state index in [1.54, 1.807) is 42.5 Å². The number of hydrogen-bond acceptors (Lipinski definition) is 8. The molecule has 1 aliphatic heterocycles. The molecule has 2 atom stereocenters. The molecule has 4 aromatic rings. The highest BCUT2D eigenvalue weighted by Crippen LogP contribution is 2.54. The van der Waals surface area contributed by atoms with Gasteiger partial charge in [0.1, 0.15) is 29.1 Å². The number of methoxy groups -OCH3 is 1. The van der Waals surface area contributed by atoms with Crippen molar-refractivity contribution in [2.75, 3.05) is 7.11 Å². The maximum absolute atomic E-state index is 11.1. The topological polar surface area (TPSA) is 140 Å². The summed E-state index contributed by atoms with van der Waals surface area (Å²) in [6.07, 6.45) is 2.82. The fraction of sp³-hybridized carbons (Fsp3) is 0.103. The minimum atomic E-state index is -0.741. The third kappa shape index (κ3) is 4.52. The van der Waals surface area contributed by atoms with E-state index in [9.17, 15) is 30.6 Å². The van der Waals surface area contributed by atoms with Crippen LogP contribution in [0.2, 0.25) is 0 Å². The van der Waals surface area contributed by atoms with Crippen LogP contribution in [0.1, 0.15) is 39.8 Å². The summed E-state index contributed by atoms with van der Waals surface area (Å²) in [6, 6.07) is 16.7. The molecule has 5 rings (SSSR count). The van der Waals surface area contributed by atoms with Gasteiger partial charge in [-0.05, 0) is 70.8 Å². The number of benzene rings is 4. The fourth-order valence-corrected chi connectivity index (χ4v) is 4.60. The summed E-state index contributed by atoms with van der Waals surface area (Å²) in [5, 5.41) is 61.0. The minimum Gasteiger partial charge on any atom is -0.508 e. The van der Waals surface area contributed by atoms with Crippen molar-refractivity contribution >= 4 is 12.2 Å². The van der Waals surface area contributed by atoms with Crippen LogP contribution in [0.4, 0.5) is 0 Å². The zero-order valence-corrected chi connectivity index (χ0v) is 19.7. The molecule has 188 valence electrons. The Hall–Kier alpha value is -4.98. The van der Waals surface area contributed by atoms with E-state index in [1.807, 2.05) is 0 Å². The second-order valence-electron chi connectivity index (χ2n) is 8.76. The van der Waals surface area contributed by atoms with Crippen molar-refractivity contribution in [3.8, 4) is 46.0 Å². The molecule has 37 heavy (non-hydrogen) atoms. The number of rotatable bonds is 5. The van der Waals surface area contributed by atoms with Gasteiger partial charge in [-0.2, -0.15) is 0 Å². The molecule has 0 bridgehead atoms. The molecule has 0 amide bonds. The van der Waals surface area contributed by atoms with Crippen LogP contribution in [0.5, 0.6) is 46.0 Å². The van der Waals surface area contributed by atoms with E-state index in [4.69, 9.17) is 9.47 Å². The van der Waals surface area contributed by atoms with Gasteiger partial charge in [0.05, 0.1) is 13.0 Å². The lowest BCUT2D eigenvalue weighted by atomic mass is 9.84. The molecular weight excluding hydrogens is 476 g/mol. The van der Waals surface area contributed by atoms with E-state index in [2.05, 4.69) is 0 Å². The van der Waals surface area contributed by atoms with Gasteiger partial charge in [0.25, 0.3) is 0 Å². The summed E-state index contributed by atoms with van der Waals surface area (Å²) in [6.45, 7) is 0. The first kappa shape index (κ1) is 23.7.